The van der Waals surface area contributed by atoms with Gasteiger partial charge in [-0.25, -0.2) is 0 Å². The van der Waals surface area contributed by atoms with Crippen molar-refractivity contribution in [2.75, 3.05) is 34.2 Å². The first-order valence-electron chi connectivity index (χ1n) is 13.0. The molecule has 0 aliphatic carbocycles. The highest BCUT2D eigenvalue weighted by atomic mass is 16.7. The fraction of sp³-hybridized carbons (Fsp3) is 0.517. The number of aryl methyl sites for hydroxylation is 1. The smallest absolute Gasteiger partial charge is 0.231 e. The Hall–Kier alpha value is -2.94. The maximum Gasteiger partial charge on any atom is 0.231 e. The van der Waals surface area contributed by atoms with Crippen molar-refractivity contribution in [2.45, 2.75) is 63.8 Å². The number of piperazine rings is 1. The van der Waals surface area contributed by atoms with Crippen LogP contribution in [0.1, 0.15) is 52.4 Å². The first-order valence-corrected chi connectivity index (χ1v) is 13.0. The maximum absolute atomic E-state index is 11.5. The summed E-state index contributed by atoms with van der Waals surface area (Å²) in [7, 11) is 3.76. The second kappa shape index (κ2) is 8.82. The molecule has 0 radical (unpaired) electrons. The van der Waals surface area contributed by atoms with E-state index >= 15 is 0 Å². The number of rotatable bonds is 5. The molecule has 8 nitrogen and oxygen atoms in total. The molecule has 4 heterocycles. The van der Waals surface area contributed by atoms with E-state index in [2.05, 4.69) is 36.4 Å². The Labute approximate surface area is 218 Å². The minimum Gasteiger partial charge on any atom is -0.504 e. The lowest BCUT2D eigenvalue weighted by atomic mass is 9.72. The molecule has 2 N–H and O–H groups in total. The van der Waals surface area contributed by atoms with E-state index < -0.39 is 0 Å². The van der Waals surface area contributed by atoms with E-state index in [4.69, 9.17) is 18.9 Å². The number of likely N-dealkylation sites (N-methyl/N-ethyl adjacent to an activating group) is 1. The summed E-state index contributed by atoms with van der Waals surface area (Å²) < 4.78 is 23.8. The summed E-state index contributed by atoms with van der Waals surface area (Å²) in [5.74, 6) is 2.93. The predicted molar refractivity (Wildman–Crippen MR) is 139 cm³/mol. The first-order chi connectivity index (χ1) is 17.8. The summed E-state index contributed by atoms with van der Waals surface area (Å²) in [5.41, 5.74) is 5.93. The molecule has 0 aromatic heterocycles. The minimum atomic E-state index is -0.291. The van der Waals surface area contributed by atoms with E-state index in [1.54, 1.807) is 13.2 Å². The molecule has 1 fully saturated rings. The zero-order valence-corrected chi connectivity index (χ0v) is 22.2. The molecule has 4 aliphatic rings. The van der Waals surface area contributed by atoms with E-state index in [9.17, 15) is 10.2 Å². The largest absolute Gasteiger partial charge is 0.504 e. The van der Waals surface area contributed by atoms with Gasteiger partial charge >= 0.3 is 0 Å². The number of methoxy groups -OCH3 is 1. The highest BCUT2D eigenvalue weighted by molar-refractivity contribution is 5.66. The number of hydrogen-bond acceptors (Lipinski definition) is 8. The number of ether oxygens (including phenoxy) is 4. The topological polar surface area (TPSA) is 83.9 Å². The van der Waals surface area contributed by atoms with E-state index in [-0.39, 0.29) is 49.4 Å². The van der Waals surface area contributed by atoms with Crippen molar-refractivity contribution in [3.63, 3.8) is 0 Å². The van der Waals surface area contributed by atoms with Crippen molar-refractivity contribution in [1.29, 1.82) is 0 Å². The molecule has 2 bridgehead atoms. The van der Waals surface area contributed by atoms with Gasteiger partial charge in [0.15, 0.2) is 23.0 Å². The van der Waals surface area contributed by atoms with Crippen LogP contribution in [0.25, 0.3) is 0 Å². The predicted octanol–water partition coefficient (Wildman–Crippen LogP) is 3.57. The second-order valence-corrected chi connectivity index (χ2v) is 10.7. The fourth-order valence-corrected chi connectivity index (χ4v) is 7.55. The maximum atomic E-state index is 11.5. The summed E-state index contributed by atoms with van der Waals surface area (Å²) in [6.07, 6.45) is 3.23. The molecule has 2 aromatic carbocycles. The highest BCUT2D eigenvalue weighted by Gasteiger charge is 2.55. The van der Waals surface area contributed by atoms with Gasteiger partial charge in [-0.1, -0.05) is 18.7 Å². The van der Waals surface area contributed by atoms with E-state index in [0.29, 0.717) is 30.3 Å². The lowest BCUT2D eigenvalue weighted by molar-refractivity contribution is -0.0941. The lowest BCUT2D eigenvalue weighted by Gasteiger charge is -2.61. The molecule has 8 heteroatoms. The van der Waals surface area contributed by atoms with Gasteiger partial charge in [0.2, 0.25) is 6.79 Å². The van der Waals surface area contributed by atoms with Crippen LogP contribution in [0.15, 0.2) is 18.7 Å². The Morgan fingerprint density at radius 1 is 1.14 bits per heavy atom. The van der Waals surface area contributed by atoms with E-state index in [1.807, 2.05) is 13.8 Å². The Morgan fingerprint density at radius 2 is 1.89 bits per heavy atom. The van der Waals surface area contributed by atoms with Crippen LogP contribution in [-0.2, 0) is 12.8 Å². The van der Waals surface area contributed by atoms with Gasteiger partial charge in [0.05, 0.1) is 25.8 Å². The van der Waals surface area contributed by atoms with Crippen molar-refractivity contribution >= 4 is 0 Å². The molecule has 37 heavy (non-hydrogen) atoms. The third-order valence-corrected chi connectivity index (χ3v) is 8.99. The Kier molecular flexibility index (Phi) is 5.82. The summed E-state index contributed by atoms with van der Waals surface area (Å²) in [4.78, 5) is 4.85. The van der Waals surface area contributed by atoms with Gasteiger partial charge in [0, 0.05) is 40.4 Å². The number of hydrogen-bond donors (Lipinski definition) is 2. The summed E-state index contributed by atoms with van der Waals surface area (Å²) in [6, 6.07) is 2.17. The number of fused-ring (bicyclic) bond motifs is 9. The molecule has 2 aromatic rings. The highest BCUT2D eigenvalue weighted by Crippen LogP contribution is 2.58. The quantitative estimate of drug-likeness (QED) is 0.594. The van der Waals surface area contributed by atoms with Gasteiger partial charge < -0.3 is 29.2 Å². The summed E-state index contributed by atoms with van der Waals surface area (Å²) in [6.45, 7) is 10.5. The van der Waals surface area contributed by atoms with Crippen LogP contribution in [0.3, 0.4) is 0 Å². The third kappa shape index (κ3) is 3.25. The van der Waals surface area contributed by atoms with Gasteiger partial charge in [-0.2, -0.15) is 0 Å². The third-order valence-electron chi connectivity index (χ3n) is 8.99. The number of phenols is 1. The standard InChI is InChI=1S/C29H36N2O6/c1-7-8-35-27-15(3)28-29(37-13-36-28)23-18(27)11-20-24-22-17(9-14(2)26(34-6)25(22)33)10-19(30(24)5)16(4)31(20)21(23)12-32/h7,9,16,19-21,24,32-33H,1,8,10-13H2,2-6H3/t16-,19-,20?,21-,24+/m0/s1. The molecule has 1 saturated heterocycles. The van der Waals surface area contributed by atoms with Crippen molar-refractivity contribution in [3.8, 4) is 28.7 Å². The number of aliphatic hydroxyl groups is 1. The molecule has 6 rings (SSSR count). The monoisotopic (exact) mass is 508 g/mol. The zero-order chi connectivity index (χ0) is 26.2. The van der Waals surface area contributed by atoms with Gasteiger partial charge in [-0.05, 0) is 51.8 Å². The van der Waals surface area contributed by atoms with Crippen molar-refractivity contribution < 1.29 is 29.2 Å². The normalized spacial score (nSPS) is 27.8. The van der Waals surface area contributed by atoms with Crippen LogP contribution >= 0.6 is 0 Å². The van der Waals surface area contributed by atoms with Crippen LogP contribution in [0.2, 0.25) is 0 Å². The Morgan fingerprint density at radius 3 is 2.59 bits per heavy atom. The van der Waals surface area contributed by atoms with E-state index in [0.717, 1.165) is 40.0 Å². The number of benzene rings is 2. The van der Waals surface area contributed by atoms with Crippen molar-refractivity contribution in [2.24, 2.45) is 0 Å². The molecular weight excluding hydrogens is 472 g/mol. The number of nitrogens with zero attached hydrogens (tertiary/aromatic N) is 2. The van der Waals surface area contributed by atoms with Crippen LogP contribution in [0, 0.1) is 13.8 Å². The second-order valence-electron chi connectivity index (χ2n) is 10.7. The molecule has 5 atom stereocenters. The molecule has 4 aliphatic heterocycles. The first kappa shape index (κ1) is 24.4. The van der Waals surface area contributed by atoms with Crippen molar-refractivity contribution in [1.82, 2.24) is 9.80 Å². The molecular formula is C29H36N2O6. The summed E-state index contributed by atoms with van der Waals surface area (Å²) in [5, 5.41) is 22.4. The molecule has 1 unspecified atom stereocenters. The number of phenolic OH excluding ortho intramolecular Hbond substituents is 1. The van der Waals surface area contributed by atoms with Gasteiger partial charge in [0.1, 0.15) is 12.4 Å². The molecule has 198 valence electrons. The molecule has 0 amide bonds. The van der Waals surface area contributed by atoms with E-state index in [1.165, 1.54) is 5.56 Å². The average Bonchev–Trinajstić information content (AvgIpc) is 3.37. The van der Waals surface area contributed by atoms with Crippen LogP contribution in [0.4, 0.5) is 0 Å². The van der Waals surface area contributed by atoms with Gasteiger partial charge in [0.25, 0.3) is 0 Å². The molecule has 0 spiro atoms. The number of aliphatic hydroxyl groups excluding tert-OH is 1. The summed E-state index contributed by atoms with van der Waals surface area (Å²) >= 11 is 0. The number of aromatic hydroxyl groups is 1. The fourth-order valence-electron chi connectivity index (χ4n) is 7.55. The van der Waals surface area contributed by atoms with Gasteiger partial charge in [-0.15, -0.1) is 0 Å². The molecule has 0 saturated carbocycles. The van der Waals surface area contributed by atoms with Crippen molar-refractivity contribution in [3.05, 3.63) is 52.1 Å². The van der Waals surface area contributed by atoms with Gasteiger partial charge in [-0.3, -0.25) is 9.80 Å². The Bertz CT molecular complexity index is 1280. The van der Waals surface area contributed by atoms with Crippen LogP contribution in [-0.4, -0.2) is 72.3 Å². The Balaban J connectivity index is 1.58. The lowest BCUT2D eigenvalue weighted by Crippen LogP contribution is -2.68. The van der Waals surface area contributed by atoms with Crippen LogP contribution < -0.4 is 18.9 Å². The van der Waals surface area contributed by atoms with Crippen LogP contribution in [0.5, 0.6) is 28.7 Å². The minimum absolute atomic E-state index is 0.0101. The zero-order valence-electron chi connectivity index (χ0n) is 22.2. The SMILES string of the molecule is C=CCOc1c(C)c2c(c3c1CC1[C@@H]4c5c(cc(C)c(OC)c5O)C[C@@H]([C@H](C)N1[C@H]3CO)N4C)OCO2. The average molecular weight is 509 g/mol.